The number of benzene rings is 1. The molecule has 0 saturated carbocycles. The molecule has 25 heavy (non-hydrogen) atoms. The minimum atomic E-state index is -0.0000187. The quantitative estimate of drug-likeness (QED) is 0.287. The lowest BCUT2D eigenvalue weighted by Crippen LogP contribution is -2.43. The second-order valence-electron chi connectivity index (χ2n) is 5.44. The van der Waals surface area contributed by atoms with E-state index in [2.05, 4.69) is 22.2 Å². The normalized spacial score (nSPS) is 10.9. The lowest BCUT2D eigenvalue weighted by molar-refractivity contribution is -0.127. The number of ether oxygens (including phenoxy) is 1. The van der Waals surface area contributed by atoms with Gasteiger partial charge in [-0.05, 0) is 17.7 Å². The Kier molecular flexibility index (Phi) is 10.2. The summed E-state index contributed by atoms with van der Waals surface area (Å²) in [5.41, 5.74) is 1.07. The van der Waals surface area contributed by atoms with Gasteiger partial charge in [0.05, 0.1) is 20.2 Å². The molecule has 0 aliphatic carbocycles. The van der Waals surface area contributed by atoms with Crippen molar-refractivity contribution in [3.05, 3.63) is 42.5 Å². The number of aliphatic imine (C=N–C) groups is 1. The Morgan fingerprint density at radius 1 is 1.32 bits per heavy atom. The molecule has 1 aromatic rings. The minimum Gasteiger partial charge on any atom is -0.497 e. The highest BCUT2D eigenvalue weighted by Gasteiger charge is 2.05. The first-order valence-corrected chi connectivity index (χ1v) is 9.26. The van der Waals surface area contributed by atoms with Crippen LogP contribution in [-0.4, -0.2) is 62.6 Å². The van der Waals surface area contributed by atoms with Gasteiger partial charge in [-0.2, -0.15) is 11.8 Å². The van der Waals surface area contributed by atoms with Gasteiger partial charge in [-0.15, -0.1) is 6.58 Å². The molecule has 6 nitrogen and oxygen atoms in total. The highest BCUT2D eigenvalue weighted by molar-refractivity contribution is 7.99. The summed E-state index contributed by atoms with van der Waals surface area (Å²) < 4.78 is 5.16. The molecule has 0 spiro atoms. The molecule has 0 radical (unpaired) electrons. The second-order valence-corrected chi connectivity index (χ2v) is 6.59. The number of nitrogens with one attached hydrogen (secondary N) is 2. The Morgan fingerprint density at radius 2 is 2.04 bits per heavy atom. The molecule has 0 heterocycles. The fourth-order valence-electron chi connectivity index (χ4n) is 1.80. The van der Waals surface area contributed by atoms with Crippen molar-refractivity contribution >= 4 is 23.6 Å². The summed E-state index contributed by atoms with van der Waals surface area (Å²) in [5, 5.41) is 6.33. The SMILES string of the molecule is C=CCSCCNC(=NCc1ccc(OC)cc1)NCC(=O)N(C)C. The largest absolute Gasteiger partial charge is 0.497 e. The van der Waals surface area contributed by atoms with Gasteiger partial charge < -0.3 is 20.3 Å². The van der Waals surface area contributed by atoms with Crippen LogP contribution in [0.1, 0.15) is 5.56 Å². The van der Waals surface area contributed by atoms with Crippen molar-refractivity contribution in [1.29, 1.82) is 0 Å². The van der Waals surface area contributed by atoms with Gasteiger partial charge in [-0.3, -0.25) is 4.79 Å². The van der Waals surface area contributed by atoms with Gasteiger partial charge in [0.25, 0.3) is 0 Å². The van der Waals surface area contributed by atoms with E-state index in [1.54, 1.807) is 37.9 Å². The number of carbonyl (C=O) groups is 1. The number of methoxy groups -OCH3 is 1. The van der Waals surface area contributed by atoms with Crippen molar-refractivity contribution in [2.24, 2.45) is 4.99 Å². The van der Waals surface area contributed by atoms with Crippen molar-refractivity contribution < 1.29 is 9.53 Å². The van der Waals surface area contributed by atoms with E-state index in [1.165, 1.54) is 0 Å². The summed E-state index contributed by atoms with van der Waals surface area (Å²) >= 11 is 1.79. The zero-order valence-electron chi connectivity index (χ0n) is 15.2. The summed E-state index contributed by atoms with van der Waals surface area (Å²) in [5.74, 6) is 3.31. The van der Waals surface area contributed by atoms with Gasteiger partial charge in [0, 0.05) is 32.1 Å². The van der Waals surface area contributed by atoms with Crippen LogP contribution < -0.4 is 15.4 Å². The first-order valence-electron chi connectivity index (χ1n) is 8.10. The van der Waals surface area contributed by atoms with Crippen molar-refractivity contribution in [2.45, 2.75) is 6.54 Å². The number of likely N-dealkylation sites (N-methyl/N-ethyl adjacent to an activating group) is 1. The molecule has 0 fully saturated rings. The third kappa shape index (κ3) is 9.05. The third-order valence-corrected chi connectivity index (χ3v) is 4.22. The molecular weight excluding hydrogens is 336 g/mol. The van der Waals surface area contributed by atoms with Crippen LogP contribution >= 0.6 is 11.8 Å². The zero-order valence-corrected chi connectivity index (χ0v) is 16.1. The maximum Gasteiger partial charge on any atom is 0.241 e. The zero-order chi connectivity index (χ0) is 18.5. The predicted molar refractivity (Wildman–Crippen MR) is 106 cm³/mol. The monoisotopic (exact) mass is 364 g/mol. The fraction of sp³-hybridized carbons (Fsp3) is 0.444. The van der Waals surface area contributed by atoms with Crippen LogP contribution in [0.3, 0.4) is 0 Å². The van der Waals surface area contributed by atoms with Crippen LogP contribution in [-0.2, 0) is 11.3 Å². The highest BCUT2D eigenvalue weighted by Crippen LogP contribution is 2.11. The van der Waals surface area contributed by atoms with Crippen LogP contribution in [0.2, 0.25) is 0 Å². The van der Waals surface area contributed by atoms with E-state index in [1.807, 2.05) is 30.3 Å². The maximum atomic E-state index is 11.8. The van der Waals surface area contributed by atoms with Gasteiger partial charge in [-0.1, -0.05) is 18.2 Å². The molecule has 138 valence electrons. The molecule has 1 rings (SSSR count). The van der Waals surface area contributed by atoms with E-state index >= 15 is 0 Å². The summed E-state index contributed by atoms with van der Waals surface area (Å²) in [6, 6.07) is 7.77. The number of carbonyl (C=O) groups excluding carboxylic acids is 1. The van der Waals surface area contributed by atoms with E-state index in [9.17, 15) is 4.79 Å². The van der Waals surface area contributed by atoms with Gasteiger partial charge in [0.2, 0.25) is 5.91 Å². The summed E-state index contributed by atoms with van der Waals surface area (Å²) in [6.07, 6.45) is 1.89. The Hall–Kier alpha value is -2.15. The Labute approximate surface area is 154 Å². The van der Waals surface area contributed by atoms with Crippen molar-refractivity contribution in [2.75, 3.05) is 45.8 Å². The number of rotatable bonds is 10. The van der Waals surface area contributed by atoms with Crippen molar-refractivity contribution in [3.8, 4) is 5.75 Å². The van der Waals surface area contributed by atoms with Gasteiger partial charge in [0.15, 0.2) is 5.96 Å². The summed E-state index contributed by atoms with van der Waals surface area (Å²) in [6.45, 7) is 5.21. The second kappa shape index (κ2) is 12.2. The Bertz CT molecular complexity index is 559. The van der Waals surface area contributed by atoms with E-state index in [4.69, 9.17) is 4.74 Å². The molecular formula is C18H28N4O2S. The number of thioether (sulfide) groups is 1. The number of nitrogens with zero attached hydrogens (tertiary/aromatic N) is 2. The predicted octanol–water partition coefficient (Wildman–Crippen LogP) is 1.74. The Balaban J connectivity index is 2.59. The van der Waals surface area contributed by atoms with Crippen LogP contribution in [0.25, 0.3) is 0 Å². The minimum absolute atomic E-state index is 0.0000187. The Morgan fingerprint density at radius 3 is 2.64 bits per heavy atom. The number of hydrogen-bond acceptors (Lipinski definition) is 4. The lowest BCUT2D eigenvalue weighted by atomic mass is 10.2. The molecule has 1 aromatic carbocycles. The number of amides is 1. The molecule has 0 atom stereocenters. The molecule has 7 heteroatoms. The van der Waals surface area contributed by atoms with Crippen molar-refractivity contribution in [1.82, 2.24) is 15.5 Å². The van der Waals surface area contributed by atoms with E-state index in [-0.39, 0.29) is 12.5 Å². The maximum absolute atomic E-state index is 11.8. The third-order valence-electron chi connectivity index (χ3n) is 3.26. The van der Waals surface area contributed by atoms with Gasteiger partial charge in [-0.25, -0.2) is 4.99 Å². The molecule has 0 bridgehead atoms. The van der Waals surface area contributed by atoms with Crippen molar-refractivity contribution in [3.63, 3.8) is 0 Å². The molecule has 0 aliphatic heterocycles. The van der Waals surface area contributed by atoms with Crippen LogP contribution in [0.15, 0.2) is 41.9 Å². The molecule has 0 aliphatic rings. The first kappa shape index (κ1) is 20.9. The van der Waals surface area contributed by atoms with Crippen LogP contribution in [0, 0.1) is 0 Å². The van der Waals surface area contributed by atoms with Gasteiger partial charge in [0.1, 0.15) is 5.75 Å². The van der Waals surface area contributed by atoms with Crippen LogP contribution in [0.5, 0.6) is 5.75 Å². The molecule has 0 unspecified atom stereocenters. The summed E-state index contributed by atoms with van der Waals surface area (Å²) in [7, 11) is 5.11. The summed E-state index contributed by atoms with van der Waals surface area (Å²) in [4.78, 5) is 17.9. The fourth-order valence-corrected chi connectivity index (χ4v) is 2.38. The molecule has 1 amide bonds. The van der Waals surface area contributed by atoms with E-state index in [0.717, 1.165) is 29.4 Å². The lowest BCUT2D eigenvalue weighted by Gasteiger charge is -2.15. The first-order chi connectivity index (χ1) is 12.1. The highest BCUT2D eigenvalue weighted by atomic mass is 32.2. The van der Waals surface area contributed by atoms with Crippen LogP contribution in [0.4, 0.5) is 0 Å². The number of guanidine groups is 1. The average Bonchev–Trinajstić information content (AvgIpc) is 2.63. The average molecular weight is 365 g/mol. The smallest absolute Gasteiger partial charge is 0.241 e. The molecule has 0 aromatic heterocycles. The standard InChI is InChI=1S/C18H28N4O2S/c1-5-11-25-12-10-19-18(21-14-17(23)22(2)3)20-13-15-6-8-16(24-4)9-7-15/h5-9H,1,10-14H2,2-4H3,(H2,19,20,21). The van der Waals surface area contributed by atoms with Gasteiger partial charge >= 0.3 is 0 Å². The van der Waals surface area contributed by atoms with E-state index in [0.29, 0.717) is 12.5 Å². The molecule has 2 N–H and O–H groups in total. The number of hydrogen-bond donors (Lipinski definition) is 2. The molecule has 0 saturated heterocycles. The van der Waals surface area contributed by atoms with E-state index < -0.39 is 0 Å². The topological polar surface area (TPSA) is 66.0 Å².